The molecule has 0 amide bonds. The molecule has 0 saturated carbocycles. The Bertz CT molecular complexity index is 985. The predicted molar refractivity (Wildman–Crippen MR) is 105 cm³/mol. The van der Waals surface area contributed by atoms with Crippen LogP contribution in [-0.4, -0.2) is 22.6 Å². The molecular formula is C21H18N2O2S. The van der Waals surface area contributed by atoms with Crippen molar-refractivity contribution < 1.29 is 9.15 Å². The van der Waals surface area contributed by atoms with Crippen LogP contribution in [0.3, 0.4) is 0 Å². The highest BCUT2D eigenvalue weighted by Crippen LogP contribution is 2.24. The van der Waals surface area contributed by atoms with Crippen molar-refractivity contribution in [2.24, 2.45) is 0 Å². The number of ether oxygens (including phenoxy) is 1. The summed E-state index contributed by atoms with van der Waals surface area (Å²) in [5.74, 6) is 3.63. The topological polar surface area (TPSA) is 48.2 Å². The van der Waals surface area contributed by atoms with Crippen molar-refractivity contribution in [1.82, 2.24) is 10.2 Å². The molecule has 0 N–H and O–H groups in total. The summed E-state index contributed by atoms with van der Waals surface area (Å²) in [4.78, 5) is 0. The van der Waals surface area contributed by atoms with E-state index in [0.29, 0.717) is 24.1 Å². The van der Waals surface area contributed by atoms with E-state index in [1.165, 1.54) is 5.39 Å². The van der Waals surface area contributed by atoms with Crippen LogP contribution in [0.15, 0.2) is 77.2 Å². The minimum atomic E-state index is 0.562. The highest BCUT2D eigenvalue weighted by atomic mass is 32.2. The quantitative estimate of drug-likeness (QED) is 0.423. The third kappa shape index (κ3) is 4.06. The smallest absolute Gasteiger partial charge is 0.247 e. The van der Waals surface area contributed by atoms with Gasteiger partial charge in [0.25, 0.3) is 0 Å². The van der Waals surface area contributed by atoms with E-state index in [1.54, 1.807) is 11.8 Å². The Morgan fingerprint density at radius 2 is 1.65 bits per heavy atom. The molecule has 4 rings (SSSR count). The van der Waals surface area contributed by atoms with E-state index < -0.39 is 0 Å². The standard InChI is InChI=1S/C21H18N2O2S/c1-2-8-19(9-3-1)24-12-13-26-15-20-22-23-21(25-20)18-11-10-16-6-4-5-7-17(16)14-18/h1-11,14H,12-13,15H2. The Hall–Kier alpha value is -2.79. The first-order chi connectivity index (χ1) is 12.9. The molecule has 1 heterocycles. The fourth-order valence-electron chi connectivity index (χ4n) is 2.65. The molecule has 0 atom stereocenters. The zero-order valence-corrected chi connectivity index (χ0v) is 15.0. The van der Waals surface area contributed by atoms with Gasteiger partial charge in [-0.05, 0) is 35.0 Å². The van der Waals surface area contributed by atoms with Gasteiger partial charge >= 0.3 is 0 Å². The molecule has 0 fully saturated rings. The molecule has 0 aliphatic heterocycles. The molecule has 0 saturated heterocycles. The maximum Gasteiger partial charge on any atom is 0.247 e. The van der Waals surface area contributed by atoms with E-state index in [2.05, 4.69) is 34.5 Å². The number of nitrogens with zero attached hydrogens (tertiary/aromatic N) is 2. The summed E-state index contributed by atoms with van der Waals surface area (Å²) in [5, 5.41) is 10.7. The van der Waals surface area contributed by atoms with Crippen LogP contribution in [0.25, 0.3) is 22.2 Å². The molecule has 4 aromatic rings. The minimum absolute atomic E-state index is 0.562. The van der Waals surface area contributed by atoms with Crippen LogP contribution in [0.1, 0.15) is 5.89 Å². The van der Waals surface area contributed by atoms with Crippen LogP contribution >= 0.6 is 11.8 Å². The number of hydrogen-bond acceptors (Lipinski definition) is 5. The zero-order valence-electron chi connectivity index (χ0n) is 14.2. The number of rotatable bonds is 7. The fourth-order valence-corrected chi connectivity index (χ4v) is 3.28. The Morgan fingerprint density at radius 3 is 2.54 bits per heavy atom. The summed E-state index contributed by atoms with van der Waals surface area (Å²) < 4.78 is 11.5. The second kappa shape index (κ2) is 8.06. The Morgan fingerprint density at radius 1 is 0.846 bits per heavy atom. The van der Waals surface area contributed by atoms with Gasteiger partial charge in [-0.25, -0.2) is 0 Å². The first-order valence-corrected chi connectivity index (χ1v) is 9.61. The summed E-state index contributed by atoms with van der Waals surface area (Å²) in [5.41, 5.74) is 0.944. The number of benzene rings is 3. The summed E-state index contributed by atoms with van der Waals surface area (Å²) in [7, 11) is 0. The lowest BCUT2D eigenvalue weighted by molar-refractivity contribution is 0.344. The number of hydrogen-bond donors (Lipinski definition) is 0. The lowest BCUT2D eigenvalue weighted by atomic mass is 10.1. The van der Waals surface area contributed by atoms with E-state index in [-0.39, 0.29) is 0 Å². The van der Waals surface area contributed by atoms with E-state index in [0.717, 1.165) is 22.5 Å². The van der Waals surface area contributed by atoms with Gasteiger partial charge in [0.2, 0.25) is 11.8 Å². The third-order valence-corrected chi connectivity index (χ3v) is 4.83. The van der Waals surface area contributed by atoms with E-state index in [9.17, 15) is 0 Å². The maximum absolute atomic E-state index is 5.80. The molecule has 26 heavy (non-hydrogen) atoms. The van der Waals surface area contributed by atoms with Gasteiger partial charge < -0.3 is 9.15 Å². The van der Waals surface area contributed by atoms with Gasteiger partial charge in [0, 0.05) is 11.3 Å². The Labute approximate surface area is 156 Å². The monoisotopic (exact) mass is 362 g/mol. The normalized spacial score (nSPS) is 10.9. The van der Waals surface area contributed by atoms with Crippen LogP contribution in [0.2, 0.25) is 0 Å². The van der Waals surface area contributed by atoms with E-state index >= 15 is 0 Å². The highest BCUT2D eigenvalue weighted by molar-refractivity contribution is 7.98. The van der Waals surface area contributed by atoms with Crippen LogP contribution in [0.4, 0.5) is 0 Å². The average molecular weight is 362 g/mol. The van der Waals surface area contributed by atoms with Crippen LogP contribution < -0.4 is 4.74 Å². The van der Waals surface area contributed by atoms with Crippen molar-refractivity contribution >= 4 is 22.5 Å². The molecule has 130 valence electrons. The molecular weight excluding hydrogens is 344 g/mol. The number of para-hydroxylation sites is 1. The molecule has 0 unspecified atom stereocenters. The molecule has 0 spiro atoms. The highest BCUT2D eigenvalue weighted by Gasteiger charge is 2.09. The Balaban J connectivity index is 1.31. The van der Waals surface area contributed by atoms with E-state index in [4.69, 9.17) is 9.15 Å². The number of fused-ring (bicyclic) bond motifs is 1. The van der Waals surface area contributed by atoms with Gasteiger partial charge in [-0.2, -0.15) is 0 Å². The van der Waals surface area contributed by atoms with Crippen molar-refractivity contribution in [3.8, 4) is 17.2 Å². The molecule has 0 bridgehead atoms. The third-order valence-electron chi connectivity index (χ3n) is 3.93. The van der Waals surface area contributed by atoms with Gasteiger partial charge in [-0.1, -0.05) is 48.5 Å². The van der Waals surface area contributed by atoms with Gasteiger partial charge in [0.05, 0.1) is 12.4 Å². The maximum atomic E-state index is 5.80. The SMILES string of the molecule is c1ccc(OCCSCc2nnc(-c3ccc4ccccc4c3)o2)cc1. The lowest BCUT2D eigenvalue weighted by Crippen LogP contribution is -2.00. The second-order valence-corrected chi connectivity index (χ2v) is 6.88. The summed E-state index contributed by atoms with van der Waals surface area (Å²) in [6.45, 7) is 0.653. The Kier molecular flexibility index (Phi) is 5.17. The molecule has 3 aromatic carbocycles. The van der Waals surface area contributed by atoms with Crippen LogP contribution in [0, 0.1) is 0 Å². The van der Waals surface area contributed by atoms with Crippen molar-refractivity contribution in [3.05, 3.63) is 78.7 Å². The summed E-state index contributed by atoms with van der Waals surface area (Å²) in [6.07, 6.45) is 0. The van der Waals surface area contributed by atoms with E-state index in [1.807, 2.05) is 48.5 Å². The van der Waals surface area contributed by atoms with Gasteiger partial charge in [0.15, 0.2) is 0 Å². The average Bonchev–Trinajstić information content (AvgIpc) is 3.17. The summed E-state index contributed by atoms with van der Waals surface area (Å²) in [6, 6.07) is 24.2. The van der Waals surface area contributed by atoms with Crippen LogP contribution in [0.5, 0.6) is 5.75 Å². The predicted octanol–water partition coefficient (Wildman–Crippen LogP) is 5.20. The van der Waals surface area contributed by atoms with Crippen molar-refractivity contribution in [1.29, 1.82) is 0 Å². The van der Waals surface area contributed by atoms with Gasteiger partial charge in [0.1, 0.15) is 5.75 Å². The minimum Gasteiger partial charge on any atom is -0.493 e. The molecule has 5 heteroatoms. The largest absolute Gasteiger partial charge is 0.493 e. The summed E-state index contributed by atoms with van der Waals surface area (Å²) >= 11 is 1.72. The van der Waals surface area contributed by atoms with Crippen molar-refractivity contribution in [2.45, 2.75) is 5.75 Å². The van der Waals surface area contributed by atoms with Crippen molar-refractivity contribution in [2.75, 3.05) is 12.4 Å². The molecule has 4 nitrogen and oxygen atoms in total. The number of thioether (sulfide) groups is 1. The number of aromatic nitrogens is 2. The molecule has 1 aromatic heterocycles. The lowest BCUT2D eigenvalue weighted by Gasteiger charge is -2.04. The first kappa shape index (κ1) is 16.7. The molecule has 0 aliphatic rings. The fraction of sp³-hybridized carbons (Fsp3) is 0.143. The first-order valence-electron chi connectivity index (χ1n) is 8.46. The van der Waals surface area contributed by atoms with Gasteiger partial charge in [-0.15, -0.1) is 22.0 Å². The van der Waals surface area contributed by atoms with Crippen molar-refractivity contribution in [3.63, 3.8) is 0 Å². The second-order valence-electron chi connectivity index (χ2n) is 5.78. The zero-order chi connectivity index (χ0) is 17.6. The molecule has 0 aliphatic carbocycles. The van der Waals surface area contributed by atoms with Crippen LogP contribution in [-0.2, 0) is 5.75 Å². The molecule has 0 radical (unpaired) electrons. The van der Waals surface area contributed by atoms with Gasteiger partial charge in [-0.3, -0.25) is 0 Å².